The van der Waals surface area contributed by atoms with Crippen LogP contribution in [0, 0.1) is 5.82 Å². The number of ether oxygens (including phenoxy) is 2. The topological polar surface area (TPSA) is 38.8 Å². The average molecular weight is 519 g/mol. The number of hydrogen-bond acceptors (Lipinski definition) is 3. The molecule has 0 radical (unpaired) electrons. The zero-order valence-corrected chi connectivity index (χ0v) is 19.6. The van der Waals surface area contributed by atoms with Gasteiger partial charge < -0.3 is 14.4 Å². The van der Waals surface area contributed by atoms with Gasteiger partial charge in [-0.3, -0.25) is 0 Å². The predicted molar refractivity (Wildman–Crippen MR) is 117 cm³/mol. The van der Waals surface area contributed by atoms with E-state index in [0.717, 1.165) is 0 Å². The van der Waals surface area contributed by atoms with E-state index in [9.17, 15) is 35.5 Å². The van der Waals surface area contributed by atoms with Crippen molar-refractivity contribution >= 4 is 11.9 Å². The maximum absolute atomic E-state index is 13.4. The summed E-state index contributed by atoms with van der Waals surface area (Å²) < 4.78 is 104. The first-order valence-electron chi connectivity index (χ1n) is 10.8. The highest BCUT2D eigenvalue weighted by Crippen LogP contribution is 2.39. The van der Waals surface area contributed by atoms with Gasteiger partial charge >= 0.3 is 18.4 Å². The van der Waals surface area contributed by atoms with Crippen molar-refractivity contribution in [3.63, 3.8) is 0 Å². The van der Waals surface area contributed by atoms with Crippen LogP contribution >= 0.6 is 0 Å². The molecule has 1 aliphatic rings. The fraction of sp³-hybridized carbons (Fsp3) is 0.400. The van der Waals surface area contributed by atoms with Crippen LogP contribution in [-0.2, 0) is 21.8 Å². The van der Waals surface area contributed by atoms with Gasteiger partial charge in [0.1, 0.15) is 23.3 Å². The average Bonchev–Trinajstić information content (AvgIpc) is 3.15. The third-order valence-corrected chi connectivity index (χ3v) is 5.42. The molecular formula is C25H24F7NO3. The van der Waals surface area contributed by atoms with Crippen LogP contribution in [-0.4, -0.2) is 35.8 Å². The molecule has 2 aromatic carbocycles. The second-order valence-electron chi connectivity index (χ2n) is 9.42. The van der Waals surface area contributed by atoms with Gasteiger partial charge in [0.25, 0.3) is 0 Å². The first-order valence-corrected chi connectivity index (χ1v) is 10.8. The molecule has 1 saturated heterocycles. The number of alkyl halides is 6. The summed E-state index contributed by atoms with van der Waals surface area (Å²) in [6.45, 7) is 8.54. The zero-order valence-electron chi connectivity index (χ0n) is 19.6. The molecule has 0 unspecified atom stereocenters. The van der Waals surface area contributed by atoms with Gasteiger partial charge in [0.15, 0.2) is 0 Å². The van der Waals surface area contributed by atoms with Crippen molar-refractivity contribution in [2.75, 3.05) is 13.1 Å². The van der Waals surface area contributed by atoms with Gasteiger partial charge in [-0.25, -0.2) is 9.18 Å². The quantitative estimate of drug-likeness (QED) is 0.316. The lowest BCUT2D eigenvalue weighted by Crippen LogP contribution is -2.36. The number of nitrogens with zero attached hydrogens (tertiary/aromatic N) is 1. The zero-order chi connectivity index (χ0) is 27.1. The molecule has 196 valence electrons. The molecule has 1 amide bonds. The van der Waals surface area contributed by atoms with Crippen LogP contribution in [0.4, 0.5) is 35.5 Å². The first-order chi connectivity index (χ1) is 16.4. The predicted octanol–water partition coefficient (Wildman–Crippen LogP) is 7.25. The van der Waals surface area contributed by atoms with Crippen LogP contribution in [0.2, 0.25) is 0 Å². The monoisotopic (exact) mass is 519 g/mol. The Hall–Kier alpha value is -3.24. The number of amides is 1. The number of carbonyl (C=O) groups excluding carboxylic acids is 1. The highest BCUT2D eigenvalue weighted by atomic mass is 19.4. The summed E-state index contributed by atoms with van der Waals surface area (Å²) in [5.74, 6) is -1.52. The summed E-state index contributed by atoms with van der Waals surface area (Å²) in [7, 11) is 0. The highest BCUT2D eigenvalue weighted by molar-refractivity contribution is 5.69. The molecule has 4 nitrogen and oxygen atoms in total. The summed E-state index contributed by atoms with van der Waals surface area (Å²) in [4.78, 5) is 13.9. The molecule has 3 rings (SSSR count). The van der Waals surface area contributed by atoms with Crippen molar-refractivity contribution < 1.29 is 45.0 Å². The third kappa shape index (κ3) is 6.70. The van der Waals surface area contributed by atoms with Crippen LogP contribution < -0.4 is 0 Å². The molecule has 1 heterocycles. The summed E-state index contributed by atoms with van der Waals surface area (Å²) in [6.07, 6.45) is -11.6. The molecule has 1 fully saturated rings. The van der Waals surface area contributed by atoms with Gasteiger partial charge in [-0.05, 0) is 56.7 Å². The number of rotatable bonds is 4. The van der Waals surface area contributed by atoms with Crippen molar-refractivity contribution in [3.05, 3.63) is 77.1 Å². The Labute approximate surface area is 203 Å². The van der Waals surface area contributed by atoms with Crippen molar-refractivity contribution in [2.24, 2.45) is 0 Å². The van der Waals surface area contributed by atoms with Gasteiger partial charge in [0.2, 0.25) is 0 Å². The Morgan fingerprint density at radius 1 is 0.917 bits per heavy atom. The molecule has 0 saturated carbocycles. The minimum Gasteiger partial charge on any atom is -0.488 e. The third-order valence-electron chi connectivity index (χ3n) is 5.42. The number of likely N-dealkylation sites (tertiary alicyclic amines) is 1. The van der Waals surface area contributed by atoms with E-state index in [1.807, 2.05) is 0 Å². The van der Waals surface area contributed by atoms with E-state index in [2.05, 4.69) is 6.58 Å². The van der Waals surface area contributed by atoms with E-state index in [1.165, 1.54) is 29.2 Å². The van der Waals surface area contributed by atoms with Gasteiger partial charge in [-0.1, -0.05) is 18.7 Å². The highest BCUT2D eigenvalue weighted by Gasteiger charge is 2.41. The second kappa shape index (κ2) is 9.67. The molecule has 36 heavy (non-hydrogen) atoms. The van der Waals surface area contributed by atoms with Gasteiger partial charge in [-0.15, -0.1) is 0 Å². The summed E-state index contributed by atoms with van der Waals surface area (Å²) in [6, 6.07) is 6.36. The molecule has 0 aromatic heterocycles. The lowest BCUT2D eigenvalue weighted by Gasteiger charge is -2.24. The van der Waals surface area contributed by atoms with E-state index in [0.29, 0.717) is 17.7 Å². The molecule has 0 aliphatic carbocycles. The molecular weight excluding hydrogens is 495 g/mol. The van der Waals surface area contributed by atoms with E-state index in [-0.39, 0.29) is 19.2 Å². The lowest BCUT2D eigenvalue weighted by atomic mass is 9.96. The summed E-state index contributed by atoms with van der Waals surface area (Å²) in [5, 5.41) is 0. The number of hydrogen-bond donors (Lipinski definition) is 0. The molecule has 0 N–H and O–H groups in total. The van der Waals surface area contributed by atoms with Crippen LogP contribution in [0.5, 0.6) is 0 Å². The molecule has 2 atom stereocenters. The summed E-state index contributed by atoms with van der Waals surface area (Å²) in [5.41, 5.74) is -3.77. The van der Waals surface area contributed by atoms with Gasteiger partial charge in [-0.2, -0.15) is 26.3 Å². The number of benzene rings is 2. The molecule has 11 heteroatoms. The maximum Gasteiger partial charge on any atom is 0.416 e. The van der Waals surface area contributed by atoms with Crippen LogP contribution in [0.3, 0.4) is 0 Å². The normalized spacial score (nSPS) is 18.8. The largest absolute Gasteiger partial charge is 0.488 e. The van der Waals surface area contributed by atoms with Crippen LogP contribution in [0.1, 0.15) is 48.9 Å². The molecule has 2 aromatic rings. The lowest BCUT2D eigenvalue weighted by molar-refractivity contribution is -0.143. The smallest absolute Gasteiger partial charge is 0.416 e. The molecule has 1 aliphatic heterocycles. The second-order valence-corrected chi connectivity index (χ2v) is 9.42. The van der Waals surface area contributed by atoms with E-state index < -0.39 is 64.3 Å². The Morgan fingerprint density at radius 2 is 1.44 bits per heavy atom. The van der Waals surface area contributed by atoms with E-state index in [4.69, 9.17) is 9.47 Å². The Bertz CT molecular complexity index is 1090. The maximum atomic E-state index is 13.4. The van der Waals surface area contributed by atoms with Gasteiger partial charge in [0, 0.05) is 18.0 Å². The minimum absolute atomic E-state index is 0.0118. The Balaban J connectivity index is 1.93. The van der Waals surface area contributed by atoms with Crippen LogP contribution in [0.15, 0.2) is 49.0 Å². The minimum atomic E-state index is -5.03. The molecule has 0 bridgehead atoms. The van der Waals surface area contributed by atoms with Crippen molar-refractivity contribution in [1.82, 2.24) is 4.90 Å². The molecule has 0 spiro atoms. The van der Waals surface area contributed by atoms with E-state index >= 15 is 0 Å². The standard InChI is InChI=1S/C25H24F7NO3/c1-14(16-9-17(24(27,28)29)11-18(10-16)25(30,31)32)35-21-13-33(22(34)36-23(2,3)4)12-20(21)15-5-7-19(26)8-6-15/h5-11,20-21H,1,12-13H2,2-4H3/t20-,21-/m0/s1. The SMILES string of the molecule is C=C(O[C@H]1CN(C(=O)OC(C)(C)C)C[C@H]1c1ccc(F)cc1)c1cc(C(F)(F)F)cc(C(F)(F)F)c1. The number of carbonyl (C=O) groups is 1. The van der Waals surface area contributed by atoms with Crippen LogP contribution in [0.25, 0.3) is 5.76 Å². The van der Waals surface area contributed by atoms with Crippen molar-refractivity contribution in [3.8, 4) is 0 Å². The van der Waals surface area contributed by atoms with Crippen molar-refractivity contribution in [1.29, 1.82) is 0 Å². The fourth-order valence-corrected chi connectivity index (χ4v) is 3.77. The first kappa shape index (κ1) is 27.3. The Morgan fingerprint density at radius 3 is 1.92 bits per heavy atom. The summed E-state index contributed by atoms with van der Waals surface area (Å²) >= 11 is 0. The van der Waals surface area contributed by atoms with Crippen molar-refractivity contribution in [2.45, 2.75) is 50.7 Å². The van der Waals surface area contributed by atoms with Gasteiger partial charge in [0.05, 0.1) is 17.7 Å². The number of halogens is 7. The Kier molecular flexibility index (Phi) is 7.34. The fourth-order valence-electron chi connectivity index (χ4n) is 3.77. The van der Waals surface area contributed by atoms with E-state index in [1.54, 1.807) is 20.8 Å².